The number of nitrogens with zero attached hydrogens (tertiary/aromatic N) is 2. The average molecular weight is 509 g/mol. The first-order valence-corrected chi connectivity index (χ1v) is 6.43. The van der Waals surface area contributed by atoms with Gasteiger partial charge in [-0.15, -0.1) is 17.6 Å². The van der Waals surface area contributed by atoms with Gasteiger partial charge < -0.3 is 0 Å². The van der Waals surface area contributed by atoms with Crippen molar-refractivity contribution >= 4 is 0 Å². The van der Waals surface area contributed by atoms with Crippen LogP contribution in [0, 0.1) is 18.0 Å². The van der Waals surface area contributed by atoms with Crippen molar-refractivity contribution < 1.29 is 88.0 Å². The van der Waals surface area contributed by atoms with Crippen molar-refractivity contribution in [2.24, 2.45) is 0 Å². The van der Waals surface area contributed by atoms with Crippen molar-refractivity contribution in [2.75, 3.05) is 0 Å². The summed E-state index contributed by atoms with van der Waals surface area (Å²) in [6.07, 6.45) is -18.6. The maximum Gasteiger partial charge on any atom is 0.572 e. The average Bonchev–Trinajstić information content (AvgIpc) is 2.74. The van der Waals surface area contributed by atoms with E-state index in [9.17, 15) is 83.4 Å². The van der Waals surface area contributed by atoms with Gasteiger partial charge in [-0.25, -0.2) is 0 Å². The Morgan fingerprint density at radius 3 is 1.16 bits per heavy atom. The second-order valence-corrected chi connectivity index (χ2v) is 5.33. The van der Waals surface area contributed by atoms with E-state index in [0.29, 0.717) is 0 Å². The van der Waals surface area contributed by atoms with E-state index >= 15 is 0 Å². The molecule has 0 bridgehead atoms. The third-order valence-electron chi connectivity index (χ3n) is 3.38. The molecule has 0 aliphatic heterocycles. The maximum absolute atomic E-state index is 13.6. The molecule has 0 radical (unpaired) electrons. The van der Waals surface area contributed by atoms with Crippen LogP contribution in [0.5, 0.6) is 0 Å². The molecule has 21 heteroatoms. The van der Waals surface area contributed by atoms with Crippen molar-refractivity contribution in [1.29, 1.82) is 0 Å². The summed E-state index contributed by atoms with van der Waals surface area (Å²) in [7, 11) is 0. The molecule has 0 aliphatic rings. The molecule has 0 saturated heterocycles. The lowest BCUT2D eigenvalue weighted by atomic mass is 9.96. The van der Waals surface area contributed by atoms with Gasteiger partial charge in [0.15, 0.2) is 0 Å². The molecule has 1 heterocycles. The Labute approximate surface area is 154 Å². The van der Waals surface area contributed by atoms with Gasteiger partial charge in [0.1, 0.15) is 0 Å². The molecule has 2 nitrogen and oxygen atoms in total. The molecule has 1 aromatic rings. The van der Waals surface area contributed by atoms with Gasteiger partial charge >= 0.3 is 60.2 Å². The summed E-state index contributed by atoms with van der Waals surface area (Å²) in [5.74, 6) is -41.6. The van der Waals surface area contributed by atoms with Gasteiger partial charge in [-0.05, 0) is 0 Å². The number of hydrogen-bond acceptors (Lipinski definition) is 0. The predicted molar refractivity (Wildman–Crippen MR) is 51.8 cm³/mol. The zero-order valence-corrected chi connectivity index (χ0v) is 13.1. The minimum atomic E-state index is -8.56. The number of alkyl halides is 16. The van der Waals surface area contributed by atoms with E-state index in [4.69, 9.17) is 0 Å². The summed E-state index contributed by atoms with van der Waals surface area (Å²) in [6.45, 7) is 0. The van der Waals surface area contributed by atoms with E-state index in [0.717, 1.165) is 0 Å². The lowest BCUT2D eigenvalue weighted by Crippen LogP contribution is -2.70. The highest BCUT2D eigenvalue weighted by Gasteiger charge is 2.93. The smallest absolute Gasteiger partial charge is 0.192 e. The van der Waals surface area contributed by atoms with Gasteiger partial charge in [0.2, 0.25) is 0 Å². The fourth-order valence-electron chi connectivity index (χ4n) is 1.80. The minimum absolute atomic E-state index is 2.76. The third kappa shape index (κ3) is 3.33. The van der Waals surface area contributed by atoms with Gasteiger partial charge in [0, 0.05) is 0 Å². The summed E-state index contributed by atoms with van der Waals surface area (Å²) >= 11 is 0. The zero-order valence-electron chi connectivity index (χ0n) is 13.1. The van der Waals surface area contributed by atoms with Crippen LogP contribution in [0.2, 0.25) is 0 Å². The Kier molecular flexibility index (Phi) is 5.81. The van der Waals surface area contributed by atoms with Crippen molar-refractivity contribution in [3.63, 3.8) is 0 Å². The first-order valence-electron chi connectivity index (χ1n) is 6.43. The number of imidazole rings is 1. The van der Waals surface area contributed by atoms with E-state index in [2.05, 4.69) is 0 Å². The molecule has 182 valence electrons. The highest BCUT2D eigenvalue weighted by Crippen LogP contribution is 2.61. The molecule has 0 N–H and O–H groups in total. The SMILES string of the molecule is Fc1c(F)[n+](C(F)(F)F)c(F)n1C(F)(F)C(F)(F)C(F)(F)C(F)(F)C(F)(F)C(F)(F)F. The molecule has 0 spiro atoms. The van der Waals surface area contributed by atoms with Crippen LogP contribution in [0.15, 0.2) is 0 Å². The van der Waals surface area contributed by atoms with Crippen molar-refractivity contribution in [3.05, 3.63) is 18.0 Å². The standard InChI is InChI=1S/C10F19N2/c11-1-2(12)31(10(27,28)29)3(13)30(1)9(25,26)7(20,21)5(16,17)4(14,15)6(18,19)8(22,23)24/q+1. The number of rotatable bonds is 5. The minimum Gasteiger partial charge on any atom is -0.192 e. The van der Waals surface area contributed by atoms with Crippen LogP contribution in [0.25, 0.3) is 0 Å². The Hall–Kier alpha value is -2.12. The lowest BCUT2D eigenvalue weighted by Gasteiger charge is -2.38. The molecular formula is C10F19N2+. The predicted octanol–water partition coefficient (Wildman–Crippen LogP) is 5.32. The largest absolute Gasteiger partial charge is 0.572 e. The van der Waals surface area contributed by atoms with Gasteiger partial charge in [-0.2, -0.15) is 65.9 Å². The molecule has 1 rings (SSSR count). The number of halogens is 19. The Morgan fingerprint density at radius 2 is 0.871 bits per heavy atom. The summed E-state index contributed by atoms with van der Waals surface area (Å²) in [5, 5.41) is 0. The second-order valence-electron chi connectivity index (χ2n) is 5.33. The molecule has 1 aromatic heterocycles. The van der Waals surface area contributed by atoms with Crippen molar-refractivity contribution in [2.45, 2.75) is 42.2 Å². The molecule has 31 heavy (non-hydrogen) atoms. The number of aromatic nitrogens is 2. The first-order chi connectivity index (χ1) is 13.2. The molecule has 0 atom stereocenters. The van der Waals surface area contributed by atoms with Crippen molar-refractivity contribution in [1.82, 2.24) is 4.57 Å². The zero-order chi connectivity index (χ0) is 25.4. The summed E-state index contributed by atoms with van der Waals surface area (Å²) in [5.41, 5.74) is 0. The molecule has 0 saturated carbocycles. The van der Waals surface area contributed by atoms with Crippen molar-refractivity contribution in [3.8, 4) is 0 Å². The normalized spacial score (nSPS) is 15.6. The summed E-state index contributed by atoms with van der Waals surface area (Å²) in [6, 6.07) is -7.83. The highest BCUT2D eigenvalue weighted by atomic mass is 19.4. The van der Waals surface area contributed by atoms with Crippen LogP contribution in [-0.2, 0) is 12.3 Å². The van der Waals surface area contributed by atoms with E-state index in [1.807, 2.05) is 0 Å². The molecular weight excluding hydrogens is 509 g/mol. The van der Waals surface area contributed by atoms with Crippen LogP contribution in [-0.4, -0.2) is 34.4 Å². The molecule has 0 aromatic carbocycles. The van der Waals surface area contributed by atoms with Crippen LogP contribution in [0.1, 0.15) is 0 Å². The Bertz CT molecular complexity index is 839. The fourth-order valence-corrected chi connectivity index (χ4v) is 1.80. The Morgan fingerprint density at radius 1 is 0.516 bits per heavy atom. The van der Waals surface area contributed by atoms with Gasteiger partial charge in [-0.1, -0.05) is 9.13 Å². The van der Waals surface area contributed by atoms with Gasteiger partial charge in [0.25, 0.3) is 0 Å². The fraction of sp³-hybridized carbons (Fsp3) is 0.700. The van der Waals surface area contributed by atoms with Crippen LogP contribution >= 0.6 is 0 Å². The molecule has 0 unspecified atom stereocenters. The van der Waals surface area contributed by atoms with Crippen LogP contribution in [0.3, 0.4) is 0 Å². The second kappa shape index (κ2) is 6.69. The lowest BCUT2D eigenvalue weighted by molar-refractivity contribution is -0.890. The third-order valence-corrected chi connectivity index (χ3v) is 3.38. The topological polar surface area (TPSA) is 8.81 Å². The van der Waals surface area contributed by atoms with Crippen LogP contribution in [0.4, 0.5) is 83.4 Å². The molecule has 0 aliphatic carbocycles. The van der Waals surface area contributed by atoms with Gasteiger partial charge in [-0.3, -0.25) is 0 Å². The molecule has 0 amide bonds. The quantitative estimate of drug-likeness (QED) is 0.376. The monoisotopic (exact) mass is 509 g/mol. The number of hydrogen-bond donors (Lipinski definition) is 0. The van der Waals surface area contributed by atoms with E-state index < -0.39 is 69.3 Å². The molecule has 0 fully saturated rings. The first kappa shape index (κ1) is 26.9. The Balaban J connectivity index is 3.86. The summed E-state index contributed by atoms with van der Waals surface area (Å²) < 4.78 is 238. The summed E-state index contributed by atoms with van der Waals surface area (Å²) in [4.78, 5) is 0. The van der Waals surface area contributed by atoms with Crippen LogP contribution < -0.4 is 4.57 Å². The van der Waals surface area contributed by atoms with E-state index in [-0.39, 0.29) is 0 Å². The maximum atomic E-state index is 13.6. The highest BCUT2D eigenvalue weighted by molar-refractivity contribution is 5.09. The van der Waals surface area contributed by atoms with Gasteiger partial charge in [0.05, 0.1) is 0 Å². The van der Waals surface area contributed by atoms with E-state index in [1.165, 1.54) is 0 Å². The van der Waals surface area contributed by atoms with E-state index in [1.54, 1.807) is 0 Å².